The summed E-state index contributed by atoms with van der Waals surface area (Å²) in [5.74, 6) is 0.366. The van der Waals surface area contributed by atoms with Crippen molar-refractivity contribution < 1.29 is 8.78 Å². The summed E-state index contributed by atoms with van der Waals surface area (Å²) in [6.45, 7) is -0.156. The zero-order valence-corrected chi connectivity index (χ0v) is 15.3. The van der Waals surface area contributed by atoms with Crippen molar-refractivity contribution in [2.75, 3.05) is 7.05 Å². The van der Waals surface area contributed by atoms with Gasteiger partial charge in [-0.25, -0.2) is 9.97 Å². The molecule has 2 aromatic heterocycles. The quantitative estimate of drug-likeness (QED) is 0.481. The van der Waals surface area contributed by atoms with Crippen LogP contribution in [0.1, 0.15) is 30.3 Å². The smallest absolute Gasteiger partial charge is 0.290 e. The number of fused-ring (bicyclic) bond motifs is 2. The highest BCUT2D eigenvalue weighted by Gasteiger charge is 2.24. The molecule has 0 fully saturated rings. The Morgan fingerprint density at radius 1 is 1.04 bits per heavy atom. The first-order valence-electron chi connectivity index (χ1n) is 8.34. The molecule has 2 aromatic carbocycles. The lowest BCUT2D eigenvalue weighted by molar-refractivity contribution is 0.0657. The summed E-state index contributed by atoms with van der Waals surface area (Å²) >= 11 is 1.63. The summed E-state index contributed by atoms with van der Waals surface area (Å²) in [5.41, 5.74) is 2.01. The summed E-state index contributed by atoms with van der Waals surface area (Å²) in [4.78, 5) is 11.1. The molecule has 0 bridgehead atoms. The summed E-state index contributed by atoms with van der Waals surface area (Å²) in [6.07, 6.45) is 0. The van der Waals surface area contributed by atoms with Crippen molar-refractivity contribution in [1.82, 2.24) is 19.4 Å². The van der Waals surface area contributed by atoms with Crippen LogP contribution in [-0.2, 0) is 6.54 Å². The molecule has 0 aliphatic carbocycles. The van der Waals surface area contributed by atoms with Gasteiger partial charge < -0.3 is 0 Å². The van der Waals surface area contributed by atoms with E-state index < -0.39 is 6.55 Å². The van der Waals surface area contributed by atoms with Gasteiger partial charge in [-0.2, -0.15) is 8.78 Å². The molecule has 26 heavy (non-hydrogen) atoms. The van der Waals surface area contributed by atoms with E-state index in [-0.39, 0.29) is 6.04 Å². The Kier molecular flexibility index (Phi) is 4.42. The molecular formula is C19H18F2N4S. The van der Waals surface area contributed by atoms with Crippen LogP contribution in [0.25, 0.3) is 21.3 Å². The second-order valence-corrected chi connectivity index (χ2v) is 7.39. The van der Waals surface area contributed by atoms with E-state index in [1.165, 1.54) is 0 Å². The fourth-order valence-corrected chi connectivity index (χ4v) is 4.13. The van der Waals surface area contributed by atoms with Crippen LogP contribution in [0.3, 0.4) is 0 Å². The zero-order chi connectivity index (χ0) is 18.3. The molecule has 0 amide bonds. The van der Waals surface area contributed by atoms with Gasteiger partial charge in [0.1, 0.15) is 10.8 Å². The van der Waals surface area contributed by atoms with Crippen molar-refractivity contribution in [1.29, 1.82) is 0 Å². The van der Waals surface area contributed by atoms with Gasteiger partial charge in [0.05, 0.1) is 33.8 Å². The zero-order valence-electron chi connectivity index (χ0n) is 14.4. The predicted octanol–water partition coefficient (Wildman–Crippen LogP) is 5.23. The maximum Gasteiger partial charge on any atom is 0.320 e. The highest BCUT2D eigenvalue weighted by molar-refractivity contribution is 7.18. The number of para-hydroxylation sites is 3. The molecular weight excluding hydrogens is 354 g/mol. The Morgan fingerprint density at radius 2 is 1.73 bits per heavy atom. The van der Waals surface area contributed by atoms with E-state index in [0.717, 1.165) is 19.8 Å². The lowest BCUT2D eigenvalue weighted by Crippen LogP contribution is -2.25. The third-order valence-electron chi connectivity index (χ3n) is 4.58. The highest BCUT2D eigenvalue weighted by atomic mass is 32.1. The molecule has 4 aromatic rings. The molecule has 0 N–H and O–H groups in total. The molecule has 4 rings (SSSR count). The number of hydrogen-bond acceptors (Lipinski definition) is 4. The first-order chi connectivity index (χ1) is 12.5. The Bertz CT molecular complexity index is 1020. The van der Waals surface area contributed by atoms with E-state index in [0.29, 0.717) is 23.4 Å². The van der Waals surface area contributed by atoms with Crippen LogP contribution >= 0.6 is 11.3 Å². The third kappa shape index (κ3) is 2.97. The van der Waals surface area contributed by atoms with Crippen molar-refractivity contribution >= 4 is 32.6 Å². The number of hydrogen-bond donors (Lipinski definition) is 0. The van der Waals surface area contributed by atoms with Gasteiger partial charge in [0.25, 0.3) is 0 Å². The lowest BCUT2D eigenvalue weighted by atomic mass is 10.2. The number of imidazole rings is 1. The summed E-state index contributed by atoms with van der Waals surface area (Å²) in [6, 6.07) is 14.7. The van der Waals surface area contributed by atoms with E-state index in [1.54, 1.807) is 29.5 Å². The normalized spacial score (nSPS) is 13.3. The number of aromatic nitrogens is 3. The molecule has 1 atom stereocenters. The van der Waals surface area contributed by atoms with E-state index in [4.69, 9.17) is 0 Å². The van der Waals surface area contributed by atoms with Gasteiger partial charge in [-0.1, -0.05) is 24.3 Å². The van der Waals surface area contributed by atoms with Gasteiger partial charge in [0, 0.05) is 0 Å². The van der Waals surface area contributed by atoms with Crippen LogP contribution in [0.15, 0.2) is 48.5 Å². The minimum absolute atomic E-state index is 0.275. The molecule has 0 aliphatic rings. The Morgan fingerprint density at radius 3 is 2.46 bits per heavy atom. The number of rotatable bonds is 5. The third-order valence-corrected chi connectivity index (χ3v) is 5.60. The average Bonchev–Trinajstić information content (AvgIpc) is 3.21. The molecule has 0 saturated carbocycles. The van der Waals surface area contributed by atoms with Gasteiger partial charge in [-0.05, 0) is 38.2 Å². The fraction of sp³-hybridized carbons (Fsp3) is 0.263. The SMILES string of the molecule is C[C@H](c1nc2ccccc2n1C(F)F)N(C)Cc1nc2ccccc2s1. The van der Waals surface area contributed by atoms with E-state index in [1.807, 2.05) is 49.2 Å². The van der Waals surface area contributed by atoms with Crippen LogP contribution in [-0.4, -0.2) is 26.5 Å². The predicted molar refractivity (Wildman–Crippen MR) is 100 cm³/mol. The van der Waals surface area contributed by atoms with Crippen molar-refractivity contribution in [2.24, 2.45) is 0 Å². The Balaban J connectivity index is 1.65. The molecule has 7 heteroatoms. The molecule has 0 aliphatic heterocycles. The van der Waals surface area contributed by atoms with Gasteiger partial charge in [0.15, 0.2) is 0 Å². The maximum atomic E-state index is 13.7. The maximum absolute atomic E-state index is 13.7. The van der Waals surface area contributed by atoms with Crippen molar-refractivity contribution in [3.63, 3.8) is 0 Å². The molecule has 4 nitrogen and oxygen atoms in total. The van der Waals surface area contributed by atoms with Crippen LogP contribution in [0.2, 0.25) is 0 Å². The molecule has 0 spiro atoms. The summed E-state index contributed by atoms with van der Waals surface area (Å²) in [5, 5.41) is 0.959. The van der Waals surface area contributed by atoms with Gasteiger partial charge in [-0.15, -0.1) is 11.3 Å². The highest BCUT2D eigenvalue weighted by Crippen LogP contribution is 2.30. The minimum atomic E-state index is -2.63. The molecule has 0 radical (unpaired) electrons. The molecule has 0 saturated heterocycles. The second kappa shape index (κ2) is 6.74. The van der Waals surface area contributed by atoms with Gasteiger partial charge >= 0.3 is 6.55 Å². The average molecular weight is 372 g/mol. The van der Waals surface area contributed by atoms with Crippen LogP contribution in [0.4, 0.5) is 8.78 Å². The number of benzene rings is 2. The van der Waals surface area contributed by atoms with Crippen molar-refractivity contribution in [3.05, 3.63) is 59.4 Å². The van der Waals surface area contributed by atoms with Crippen molar-refractivity contribution in [2.45, 2.75) is 26.1 Å². The van der Waals surface area contributed by atoms with E-state index >= 15 is 0 Å². The van der Waals surface area contributed by atoms with Crippen molar-refractivity contribution in [3.8, 4) is 0 Å². The molecule has 134 valence electrons. The first kappa shape index (κ1) is 17.1. The standard InChI is InChI=1S/C19H18F2N4S/c1-12(18-23-13-7-3-5-9-15(13)25(18)19(20)21)24(2)11-17-22-14-8-4-6-10-16(14)26-17/h3-10,12,19H,11H2,1-2H3/t12-/m1/s1. The number of halogens is 2. The van der Waals surface area contributed by atoms with Crippen LogP contribution < -0.4 is 0 Å². The van der Waals surface area contributed by atoms with Crippen LogP contribution in [0, 0.1) is 0 Å². The molecule has 2 heterocycles. The Hall–Kier alpha value is -2.38. The lowest BCUT2D eigenvalue weighted by Gasteiger charge is -2.24. The number of thiazole rings is 1. The molecule has 0 unspecified atom stereocenters. The fourth-order valence-electron chi connectivity index (χ4n) is 3.10. The van der Waals surface area contributed by atoms with E-state index in [2.05, 4.69) is 9.97 Å². The largest absolute Gasteiger partial charge is 0.320 e. The van der Waals surface area contributed by atoms with Crippen LogP contribution in [0.5, 0.6) is 0 Å². The number of alkyl halides is 2. The second-order valence-electron chi connectivity index (χ2n) is 6.27. The van der Waals surface area contributed by atoms with Gasteiger partial charge in [0.2, 0.25) is 0 Å². The Labute approximate surface area is 153 Å². The topological polar surface area (TPSA) is 34.0 Å². The first-order valence-corrected chi connectivity index (χ1v) is 9.16. The number of nitrogens with zero attached hydrogens (tertiary/aromatic N) is 4. The van der Waals surface area contributed by atoms with Gasteiger partial charge in [-0.3, -0.25) is 9.47 Å². The summed E-state index contributed by atoms with van der Waals surface area (Å²) in [7, 11) is 1.91. The monoisotopic (exact) mass is 372 g/mol. The summed E-state index contributed by atoms with van der Waals surface area (Å²) < 4.78 is 29.5. The minimum Gasteiger partial charge on any atom is -0.290 e. The van der Waals surface area contributed by atoms with E-state index in [9.17, 15) is 8.78 Å².